The number of nitrogens with zero attached hydrogens (tertiary/aromatic N) is 17. The molecule has 0 aliphatic rings. The highest BCUT2D eigenvalue weighted by molar-refractivity contribution is 5.84. The van der Waals surface area contributed by atoms with Gasteiger partial charge in [-0.25, -0.2) is 44.9 Å². The number of rotatable bonds is 0. The molecule has 0 bridgehead atoms. The van der Waals surface area contributed by atoms with Crippen LogP contribution >= 0.6 is 0 Å². The summed E-state index contributed by atoms with van der Waals surface area (Å²) in [7, 11) is 0. The lowest BCUT2D eigenvalue weighted by Crippen LogP contribution is -1.84. The zero-order valence-electron chi connectivity index (χ0n) is 78.8. The molecule has 17 nitrogen and oxygen atoms in total. The molecule has 0 unspecified atom stereocenters. The number of fused-ring (bicyclic) bond motifs is 5. The lowest BCUT2D eigenvalue weighted by molar-refractivity contribution is 0.974. The number of benzene rings is 5. The third-order valence-corrected chi connectivity index (χ3v) is 13.2. The molecule has 0 saturated heterocycles. The number of aromatic nitrogens is 17. The number of para-hydroxylation sites is 3. The number of hydrogen-bond acceptors (Lipinski definition) is 17. The van der Waals surface area contributed by atoms with Gasteiger partial charge >= 0.3 is 0 Å². The van der Waals surface area contributed by atoms with Crippen molar-refractivity contribution in [2.24, 2.45) is 0 Å². The van der Waals surface area contributed by atoms with Crippen LogP contribution in [0.2, 0.25) is 0 Å². The molecule has 0 aliphatic carbocycles. The lowest BCUT2D eigenvalue weighted by Gasteiger charge is -1.97. The maximum Gasteiger partial charge on any atom is 0.128 e. The number of pyridine rings is 6. The highest BCUT2D eigenvalue weighted by Gasteiger charge is 1.97. The minimum Gasteiger partial charge on any atom is -0.265 e. The largest absolute Gasteiger partial charge is 0.265 e. The van der Waals surface area contributed by atoms with Crippen LogP contribution in [0.5, 0.6) is 0 Å². The first kappa shape index (κ1) is 117. The van der Waals surface area contributed by atoms with Crippen molar-refractivity contribution in [1.29, 1.82) is 0 Å². The molecule has 11 heterocycles. The molecule has 0 N–H and O–H groups in total. The summed E-state index contributed by atoms with van der Waals surface area (Å²) in [6.07, 6.45) is 30.8. The van der Waals surface area contributed by atoms with E-state index in [4.69, 9.17) is 0 Å². The van der Waals surface area contributed by atoms with Crippen molar-refractivity contribution in [2.75, 3.05) is 0 Å². The first-order chi connectivity index (χ1) is 58.2. The van der Waals surface area contributed by atoms with E-state index in [-0.39, 0.29) is 0 Å². The molecule has 0 radical (unpaired) electrons. The molecule has 17 heteroatoms. The zero-order valence-corrected chi connectivity index (χ0v) is 78.8. The van der Waals surface area contributed by atoms with E-state index in [0.29, 0.717) is 0 Å². The van der Waals surface area contributed by atoms with E-state index in [2.05, 4.69) is 159 Å². The molecule has 0 atom stereocenters. The van der Waals surface area contributed by atoms with Gasteiger partial charge in [0.05, 0.1) is 22.2 Å². The second kappa shape index (κ2) is 86.5. The van der Waals surface area contributed by atoms with Crippen LogP contribution in [0.4, 0.5) is 0 Å². The maximum atomic E-state index is 4.38. The van der Waals surface area contributed by atoms with Crippen molar-refractivity contribution in [2.45, 2.75) is 228 Å². The molecular formula is C102H147N17. The van der Waals surface area contributed by atoms with Crippen LogP contribution in [0.15, 0.2) is 294 Å². The minimum atomic E-state index is 0.759. The van der Waals surface area contributed by atoms with E-state index in [1.165, 1.54) is 79.7 Å². The Morgan fingerprint density at radius 3 is 1.13 bits per heavy atom. The minimum absolute atomic E-state index is 0.759. The molecular weight excluding hydrogens is 1460 g/mol. The molecule has 16 rings (SSSR count). The van der Waals surface area contributed by atoms with Crippen LogP contribution in [0.3, 0.4) is 0 Å². The normalized spacial score (nSPS) is 8.38. The Hall–Kier alpha value is -12.4. The molecule has 5 aromatic carbocycles. The van der Waals surface area contributed by atoms with Crippen LogP contribution in [-0.2, 0) is 0 Å². The fraction of sp³-hybridized carbons (Fsp3) is 0.324. The first-order valence-electron chi connectivity index (χ1n) is 42.1. The molecule has 11 aromatic heterocycles. The van der Waals surface area contributed by atoms with Gasteiger partial charge in [-0.05, 0) is 182 Å². The predicted octanol–water partition coefficient (Wildman–Crippen LogP) is 28.7. The molecule has 0 aliphatic heterocycles. The van der Waals surface area contributed by atoms with E-state index in [0.717, 1.165) is 62.2 Å². The summed E-state index contributed by atoms with van der Waals surface area (Å²) >= 11 is 0. The summed E-state index contributed by atoms with van der Waals surface area (Å²) < 4.78 is 0. The van der Waals surface area contributed by atoms with Gasteiger partial charge in [0, 0.05) is 136 Å². The Kier molecular flexibility index (Phi) is 85.4. The molecule has 0 saturated carbocycles. The number of hydrogen-bond donors (Lipinski definition) is 0. The fourth-order valence-corrected chi connectivity index (χ4v) is 8.25. The quantitative estimate of drug-likeness (QED) is 0.138. The predicted molar refractivity (Wildman–Crippen MR) is 518 cm³/mol. The smallest absolute Gasteiger partial charge is 0.128 e. The SMILES string of the molecule is CC.CC.CC.CC.CC.CC.CC.CC.CC.CC.CC.Cc1cc2ccccc2cn1.Cc1ccc2ccccc2n1.Cc1ccnc2ccccc12.Cc1ccncc1.Cc1ccncn1.Cc1cnc2ccccc2c1.Cc1cnccn1.Cc1cncnc1.Cc1nccc2ccccc12.Cc1ncccn1.Cc1ncncn1. The average Bonchev–Trinajstić information content (AvgIpc) is 0.884. The lowest BCUT2D eigenvalue weighted by atomic mass is 10.1. The van der Waals surface area contributed by atoms with E-state index < -0.39 is 0 Å². The Balaban J connectivity index is -0.000000289. The van der Waals surface area contributed by atoms with Crippen LogP contribution in [0.25, 0.3) is 54.3 Å². The third-order valence-electron chi connectivity index (χ3n) is 13.2. The van der Waals surface area contributed by atoms with Crippen LogP contribution in [0, 0.1) is 76.2 Å². The third kappa shape index (κ3) is 59.9. The van der Waals surface area contributed by atoms with E-state index in [1.807, 2.05) is 355 Å². The summed E-state index contributed by atoms with van der Waals surface area (Å²) in [6.45, 7) is 65.7. The second-order valence-corrected chi connectivity index (χ2v) is 21.4. The van der Waals surface area contributed by atoms with Gasteiger partial charge in [0.25, 0.3) is 0 Å². The molecule has 16 aromatic rings. The first-order valence-corrected chi connectivity index (χ1v) is 42.1. The van der Waals surface area contributed by atoms with E-state index in [9.17, 15) is 0 Å². The topological polar surface area (TPSA) is 219 Å². The van der Waals surface area contributed by atoms with Crippen molar-refractivity contribution in [3.63, 3.8) is 0 Å². The summed E-state index contributed by atoms with van der Waals surface area (Å²) in [5.74, 6) is 1.58. The Bertz CT molecular complexity index is 4200. The Morgan fingerprint density at radius 2 is 0.681 bits per heavy atom. The highest BCUT2D eigenvalue weighted by Crippen LogP contribution is 2.17. The van der Waals surface area contributed by atoms with Crippen molar-refractivity contribution in [3.8, 4) is 0 Å². The van der Waals surface area contributed by atoms with Crippen LogP contribution in [-0.4, -0.2) is 84.7 Å². The molecule has 0 amide bonds. The number of aryl methyl sites for hydroxylation is 11. The standard InChI is InChI=1S/5C10H9N.C6H7N.4C5H6N2.C4H5N3.11C2H6/c1-8-6-9-4-2-3-5-10(9)7-11-8;1-8-6-9-4-2-3-5-10(9)11-7-8;1-8-10-5-3-2-4-9(10)6-7-11-8;1-8-6-7-11-10-5-3-2-4-9(8)10;1-8-6-7-9-4-2-3-5-10(9)11-8;1-6-2-4-7-5-3-6;1-5-2-6-4-7-3-5;1-5-4-6-2-3-7-5;1-5-2-3-6-4-7-5;1-5-6-3-2-4-7-5;1-4-6-2-5-3-7-4;11*1-2/h5*2-7H,1H3;2-5H,1H3;4*2-4H,1H3;2-3H,1H3;11*1-2H3. The summed E-state index contributed by atoms with van der Waals surface area (Å²) in [5.41, 5.74) is 13.3. The molecule has 640 valence electrons. The monoisotopic (exact) mass is 1610 g/mol. The van der Waals surface area contributed by atoms with Crippen molar-refractivity contribution in [3.05, 3.63) is 356 Å². The van der Waals surface area contributed by atoms with Gasteiger partial charge in [0.2, 0.25) is 0 Å². The Labute approximate surface area is 719 Å². The van der Waals surface area contributed by atoms with E-state index in [1.54, 1.807) is 68.0 Å². The second-order valence-electron chi connectivity index (χ2n) is 21.4. The summed E-state index contributed by atoms with van der Waals surface area (Å²) in [5, 5.41) is 8.65. The zero-order chi connectivity index (χ0) is 91.1. The van der Waals surface area contributed by atoms with Gasteiger partial charge in [-0.3, -0.25) is 39.9 Å². The van der Waals surface area contributed by atoms with E-state index >= 15 is 0 Å². The van der Waals surface area contributed by atoms with Crippen LogP contribution < -0.4 is 0 Å². The molecule has 0 fully saturated rings. The highest BCUT2D eigenvalue weighted by atomic mass is 15.0. The maximum absolute atomic E-state index is 4.38. The average molecular weight is 1610 g/mol. The summed E-state index contributed by atoms with van der Waals surface area (Å²) in [4.78, 5) is 66.9. The van der Waals surface area contributed by atoms with Gasteiger partial charge in [0.1, 0.15) is 37.0 Å². The summed E-state index contributed by atoms with van der Waals surface area (Å²) in [6, 6.07) is 61.0. The molecule has 0 spiro atoms. The van der Waals surface area contributed by atoms with Gasteiger partial charge in [-0.15, -0.1) is 0 Å². The van der Waals surface area contributed by atoms with Gasteiger partial charge < -0.3 is 0 Å². The van der Waals surface area contributed by atoms with Crippen molar-refractivity contribution in [1.82, 2.24) is 84.7 Å². The molecule has 119 heavy (non-hydrogen) atoms. The van der Waals surface area contributed by atoms with Gasteiger partial charge in [-0.1, -0.05) is 262 Å². The van der Waals surface area contributed by atoms with Crippen LogP contribution in [0.1, 0.15) is 215 Å². The van der Waals surface area contributed by atoms with Gasteiger partial charge in [0.15, 0.2) is 0 Å². The van der Waals surface area contributed by atoms with Crippen molar-refractivity contribution < 1.29 is 0 Å². The fourth-order valence-electron chi connectivity index (χ4n) is 8.25. The van der Waals surface area contributed by atoms with Crippen molar-refractivity contribution >= 4 is 54.3 Å². The Morgan fingerprint density at radius 1 is 0.193 bits per heavy atom. The van der Waals surface area contributed by atoms with Gasteiger partial charge in [-0.2, -0.15) is 0 Å².